The molecule has 1 saturated heterocycles. The fourth-order valence-electron chi connectivity index (χ4n) is 5.81. The van der Waals surface area contributed by atoms with Crippen LogP contribution >= 0.6 is 0 Å². The Bertz CT molecular complexity index is 2020. The second kappa shape index (κ2) is 11.2. The fraction of sp³-hybridized carbons (Fsp3) is 0.212. The van der Waals surface area contributed by atoms with Gasteiger partial charge in [0.15, 0.2) is 5.65 Å². The number of sulfonamides is 1. The predicted molar refractivity (Wildman–Crippen MR) is 168 cm³/mol. The Morgan fingerprint density at radius 1 is 0.791 bits per heavy atom. The third kappa shape index (κ3) is 5.13. The highest BCUT2D eigenvalue weighted by Crippen LogP contribution is 2.31. The van der Waals surface area contributed by atoms with Crippen LogP contribution < -0.4 is 4.90 Å². The molecule has 1 aliphatic heterocycles. The predicted octanol–water partition coefficient (Wildman–Crippen LogP) is 5.16. The van der Waals surface area contributed by atoms with Crippen molar-refractivity contribution < 1.29 is 8.42 Å². The lowest BCUT2D eigenvalue weighted by Gasteiger charge is -2.24. The maximum absolute atomic E-state index is 13.9. The van der Waals surface area contributed by atoms with Crippen molar-refractivity contribution in [1.29, 1.82) is 0 Å². The van der Waals surface area contributed by atoms with E-state index in [1.807, 2.05) is 78.3 Å². The largest absolute Gasteiger partial charge is 0.355 e. The highest BCUT2D eigenvalue weighted by Gasteiger charge is 2.30. The second-order valence-corrected chi connectivity index (χ2v) is 12.6. The van der Waals surface area contributed by atoms with Crippen molar-refractivity contribution in [1.82, 2.24) is 29.0 Å². The molecule has 6 aromatic rings. The highest BCUT2D eigenvalue weighted by molar-refractivity contribution is 7.89. The Kier molecular flexibility index (Phi) is 7.08. The molecule has 0 aliphatic carbocycles. The lowest BCUT2D eigenvalue weighted by molar-refractivity contribution is 0.433. The van der Waals surface area contributed by atoms with Gasteiger partial charge in [-0.2, -0.15) is 9.40 Å². The lowest BCUT2D eigenvalue weighted by atomic mass is 10.1. The summed E-state index contributed by atoms with van der Waals surface area (Å²) in [6.45, 7) is 3.87. The number of hydrogen-bond donors (Lipinski definition) is 0. The normalized spacial score (nSPS) is 14.8. The molecule has 7 rings (SSSR count). The van der Waals surface area contributed by atoms with Crippen molar-refractivity contribution in [3.63, 3.8) is 0 Å². The third-order valence-electron chi connectivity index (χ3n) is 7.90. The van der Waals surface area contributed by atoms with Crippen LogP contribution in [0.5, 0.6) is 0 Å². The summed E-state index contributed by atoms with van der Waals surface area (Å²) >= 11 is 0. The first-order valence-electron chi connectivity index (χ1n) is 14.4. The smallest absolute Gasteiger partial charge is 0.245 e. The first-order valence-corrected chi connectivity index (χ1v) is 15.9. The van der Waals surface area contributed by atoms with Crippen molar-refractivity contribution >= 4 is 37.8 Å². The van der Waals surface area contributed by atoms with Crippen LogP contribution in [-0.2, 0) is 16.4 Å². The van der Waals surface area contributed by atoms with Crippen LogP contribution in [0.3, 0.4) is 0 Å². The molecule has 0 unspecified atom stereocenters. The van der Waals surface area contributed by atoms with Gasteiger partial charge in [-0.15, -0.1) is 0 Å². The number of aryl methyl sites for hydroxylation is 1. The van der Waals surface area contributed by atoms with Crippen LogP contribution in [0.2, 0.25) is 0 Å². The molecule has 1 fully saturated rings. The van der Waals surface area contributed by atoms with Crippen molar-refractivity contribution in [2.45, 2.75) is 24.7 Å². The number of pyridine rings is 1. The summed E-state index contributed by atoms with van der Waals surface area (Å²) in [5.41, 5.74) is 4.11. The Morgan fingerprint density at radius 3 is 2.37 bits per heavy atom. The van der Waals surface area contributed by atoms with Crippen molar-refractivity contribution in [2.75, 3.05) is 31.1 Å². The van der Waals surface area contributed by atoms with E-state index in [0.717, 1.165) is 39.2 Å². The summed E-state index contributed by atoms with van der Waals surface area (Å²) in [5, 5.41) is 6.57. The van der Waals surface area contributed by atoms with E-state index in [1.54, 1.807) is 22.6 Å². The number of aromatic nitrogens is 5. The first kappa shape index (κ1) is 27.2. The Hall–Kier alpha value is -4.67. The van der Waals surface area contributed by atoms with Gasteiger partial charge >= 0.3 is 0 Å². The average molecular weight is 590 g/mol. The average Bonchev–Trinajstić information content (AvgIpc) is 3.19. The second-order valence-electron chi connectivity index (χ2n) is 10.7. The molecule has 0 N–H and O–H groups in total. The number of rotatable bonds is 6. The summed E-state index contributed by atoms with van der Waals surface area (Å²) in [4.78, 5) is 17.0. The Morgan fingerprint density at radius 2 is 1.56 bits per heavy atom. The third-order valence-corrected chi connectivity index (χ3v) is 9.83. The Labute approximate surface area is 250 Å². The summed E-state index contributed by atoms with van der Waals surface area (Å²) in [6.07, 6.45) is 2.87. The topological polar surface area (TPSA) is 97.1 Å². The van der Waals surface area contributed by atoms with E-state index in [9.17, 15) is 8.42 Å². The fourth-order valence-corrected chi connectivity index (χ4v) is 7.45. The quantitative estimate of drug-likeness (QED) is 0.265. The molecule has 0 amide bonds. The molecule has 3 aromatic carbocycles. The minimum absolute atomic E-state index is 0.244. The SMILES string of the molecule is Cc1nn(-c2ccccc2)c2nc(Cc3ccccc3)nc(N3CCCN(S(=O)(=O)c4cccc5cccnc45)CC3)c12. The van der Waals surface area contributed by atoms with E-state index in [1.165, 1.54) is 0 Å². The zero-order chi connectivity index (χ0) is 29.4. The molecular formula is C33H31N7O2S. The molecule has 43 heavy (non-hydrogen) atoms. The van der Waals surface area contributed by atoms with E-state index in [0.29, 0.717) is 50.4 Å². The Balaban J connectivity index is 1.27. The van der Waals surface area contributed by atoms with Gasteiger partial charge < -0.3 is 4.90 Å². The van der Waals surface area contributed by atoms with Crippen LogP contribution in [0.4, 0.5) is 5.82 Å². The summed E-state index contributed by atoms with van der Waals surface area (Å²) in [6, 6.07) is 29.2. The van der Waals surface area contributed by atoms with E-state index in [2.05, 4.69) is 22.0 Å². The summed E-state index contributed by atoms with van der Waals surface area (Å²) in [5.74, 6) is 1.49. The van der Waals surface area contributed by atoms with Crippen LogP contribution in [0.25, 0.3) is 27.6 Å². The number of para-hydroxylation sites is 2. The molecule has 10 heteroatoms. The zero-order valence-electron chi connectivity index (χ0n) is 23.8. The molecule has 0 bridgehead atoms. The number of anilines is 1. The molecule has 3 aromatic heterocycles. The highest BCUT2D eigenvalue weighted by atomic mass is 32.2. The van der Waals surface area contributed by atoms with Gasteiger partial charge in [-0.1, -0.05) is 66.7 Å². The van der Waals surface area contributed by atoms with Crippen molar-refractivity contribution in [2.24, 2.45) is 0 Å². The minimum atomic E-state index is -3.75. The van der Waals surface area contributed by atoms with E-state index >= 15 is 0 Å². The zero-order valence-corrected chi connectivity index (χ0v) is 24.7. The van der Waals surface area contributed by atoms with Gasteiger partial charge in [-0.25, -0.2) is 23.1 Å². The summed E-state index contributed by atoms with van der Waals surface area (Å²) in [7, 11) is -3.75. The van der Waals surface area contributed by atoms with Gasteiger partial charge in [0.05, 0.1) is 22.3 Å². The standard InChI is InChI=1S/C33H31N7O2S/c1-24-30-32(35-29(23-25-11-4-2-5-12-25)36-33(30)40(37-24)27-15-6-3-7-16-27)38-19-10-20-39(22-21-38)43(41,42)28-17-8-13-26-14-9-18-34-31(26)28/h2-9,11-18H,10,19-23H2,1H3. The van der Waals surface area contributed by atoms with E-state index in [4.69, 9.17) is 15.1 Å². The molecular weight excluding hydrogens is 558 g/mol. The van der Waals surface area contributed by atoms with E-state index in [-0.39, 0.29) is 4.90 Å². The van der Waals surface area contributed by atoms with Crippen LogP contribution in [0.15, 0.2) is 102 Å². The number of nitrogens with zero attached hydrogens (tertiary/aromatic N) is 7. The first-order chi connectivity index (χ1) is 21.0. The van der Waals surface area contributed by atoms with Crippen LogP contribution in [0.1, 0.15) is 23.5 Å². The molecule has 0 radical (unpaired) electrons. The van der Waals surface area contributed by atoms with Crippen LogP contribution in [0, 0.1) is 6.92 Å². The minimum Gasteiger partial charge on any atom is -0.355 e. The van der Waals surface area contributed by atoms with Gasteiger partial charge in [0, 0.05) is 44.2 Å². The van der Waals surface area contributed by atoms with Gasteiger partial charge in [-0.05, 0) is 43.2 Å². The van der Waals surface area contributed by atoms with Gasteiger partial charge in [0.2, 0.25) is 10.0 Å². The molecule has 1 aliphatic rings. The molecule has 4 heterocycles. The molecule has 216 valence electrons. The lowest BCUT2D eigenvalue weighted by Crippen LogP contribution is -2.35. The van der Waals surface area contributed by atoms with Crippen molar-refractivity contribution in [3.05, 3.63) is 114 Å². The number of benzene rings is 3. The van der Waals surface area contributed by atoms with Gasteiger partial charge in [-0.3, -0.25) is 4.98 Å². The molecule has 0 atom stereocenters. The maximum atomic E-state index is 13.9. The maximum Gasteiger partial charge on any atom is 0.245 e. The van der Waals surface area contributed by atoms with Gasteiger partial charge in [0.25, 0.3) is 0 Å². The van der Waals surface area contributed by atoms with Crippen LogP contribution in [-0.4, -0.2) is 63.6 Å². The number of hydrogen-bond acceptors (Lipinski definition) is 7. The van der Waals surface area contributed by atoms with Crippen molar-refractivity contribution in [3.8, 4) is 5.69 Å². The molecule has 0 spiro atoms. The van der Waals surface area contributed by atoms with Gasteiger partial charge in [0.1, 0.15) is 16.5 Å². The molecule has 9 nitrogen and oxygen atoms in total. The van der Waals surface area contributed by atoms with E-state index < -0.39 is 10.0 Å². The monoisotopic (exact) mass is 589 g/mol. The number of fused-ring (bicyclic) bond motifs is 2. The summed E-state index contributed by atoms with van der Waals surface area (Å²) < 4.78 is 31.3. The molecule has 0 saturated carbocycles.